The Morgan fingerprint density at radius 1 is 0.700 bits per heavy atom. The maximum Gasteiger partial charge on any atom is 0.407 e. The second kappa shape index (κ2) is 16.6. The summed E-state index contributed by atoms with van der Waals surface area (Å²) in [6.07, 6.45) is 0.386. The number of H-pyrrole nitrogens is 2. The second-order valence-electron chi connectivity index (χ2n) is 17.2. The summed E-state index contributed by atoms with van der Waals surface area (Å²) in [6, 6.07) is 17.7. The number of aromatic nitrogens is 3. The molecule has 2 saturated heterocycles. The molecule has 0 unspecified atom stereocenters. The molecule has 2 aliphatic heterocycles. The van der Waals surface area contributed by atoms with Crippen LogP contribution in [0.5, 0.6) is 0 Å². The first-order chi connectivity index (χ1) is 28.7. The Labute approximate surface area is 357 Å². The summed E-state index contributed by atoms with van der Waals surface area (Å²) >= 11 is 3.53. The van der Waals surface area contributed by atoms with Crippen LogP contribution in [0.25, 0.3) is 52.2 Å². The number of hydrogen-bond donors (Lipinski definition) is 4. The van der Waals surface area contributed by atoms with E-state index in [2.05, 4.69) is 83.0 Å². The maximum atomic E-state index is 13.8. The third kappa shape index (κ3) is 7.96. The smallest absolute Gasteiger partial charge is 0.407 e. The molecule has 6 atom stereocenters. The molecule has 2 aromatic carbocycles. The molecule has 2 fully saturated rings. The molecule has 60 heavy (non-hydrogen) atoms. The molecule has 0 saturated carbocycles. The Morgan fingerprint density at radius 2 is 1.22 bits per heavy atom. The molecule has 15 heteroatoms. The molecule has 2 aliphatic rings. The van der Waals surface area contributed by atoms with Crippen molar-refractivity contribution >= 4 is 78.0 Å². The number of hydrogen-bond acceptors (Lipinski definition) is 9. The van der Waals surface area contributed by atoms with Crippen molar-refractivity contribution in [2.45, 2.75) is 78.6 Å². The van der Waals surface area contributed by atoms with Gasteiger partial charge in [0.05, 0.1) is 37.3 Å². The molecular formula is C45H53N7O6S2. The van der Waals surface area contributed by atoms with Crippen LogP contribution in [0.2, 0.25) is 0 Å². The number of aromatic amines is 2. The summed E-state index contributed by atoms with van der Waals surface area (Å²) in [5.41, 5.74) is 5.99. The highest BCUT2D eigenvalue weighted by molar-refractivity contribution is 7.31. The van der Waals surface area contributed by atoms with E-state index in [9.17, 15) is 19.2 Å². The average molecular weight is 852 g/mol. The van der Waals surface area contributed by atoms with Crippen molar-refractivity contribution in [1.29, 1.82) is 0 Å². The van der Waals surface area contributed by atoms with Gasteiger partial charge in [-0.05, 0) is 89.4 Å². The van der Waals surface area contributed by atoms with E-state index in [1.165, 1.54) is 28.5 Å². The van der Waals surface area contributed by atoms with E-state index in [-0.39, 0.29) is 41.7 Å². The zero-order chi connectivity index (χ0) is 42.6. The summed E-state index contributed by atoms with van der Waals surface area (Å²) < 4.78 is 12.0. The number of nitrogens with one attached hydrogen (secondary N) is 4. The van der Waals surface area contributed by atoms with Crippen molar-refractivity contribution in [3.8, 4) is 20.9 Å². The van der Waals surface area contributed by atoms with Gasteiger partial charge in [-0.25, -0.2) is 14.6 Å². The Balaban J connectivity index is 1.00. The van der Waals surface area contributed by atoms with E-state index in [0.29, 0.717) is 19.0 Å². The van der Waals surface area contributed by atoms with Crippen LogP contribution in [-0.2, 0) is 19.1 Å². The van der Waals surface area contributed by atoms with E-state index in [1.807, 2.05) is 43.6 Å². The summed E-state index contributed by atoms with van der Waals surface area (Å²) in [6.45, 7) is 13.2. The Hall–Kier alpha value is -5.41. The van der Waals surface area contributed by atoms with Gasteiger partial charge in [-0.3, -0.25) is 9.59 Å². The van der Waals surface area contributed by atoms with Gasteiger partial charge in [0.1, 0.15) is 17.9 Å². The molecule has 0 spiro atoms. The van der Waals surface area contributed by atoms with Gasteiger partial charge in [0, 0.05) is 43.5 Å². The van der Waals surface area contributed by atoms with Crippen LogP contribution < -0.4 is 10.6 Å². The molecule has 8 rings (SSSR count). The van der Waals surface area contributed by atoms with E-state index >= 15 is 0 Å². The third-order valence-corrected chi connectivity index (χ3v) is 14.4. The van der Waals surface area contributed by atoms with Crippen LogP contribution in [-0.4, -0.2) is 88.1 Å². The summed E-state index contributed by atoms with van der Waals surface area (Å²) in [5.74, 6) is 0.921. The number of ether oxygens (including phenoxy) is 2. The van der Waals surface area contributed by atoms with Gasteiger partial charge in [0.25, 0.3) is 0 Å². The van der Waals surface area contributed by atoms with Crippen molar-refractivity contribution < 1.29 is 28.7 Å². The van der Waals surface area contributed by atoms with E-state index in [1.54, 1.807) is 22.7 Å². The van der Waals surface area contributed by atoms with Gasteiger partial charge in [-0.1, -0.05) is 59.7 Å². The average Bonchev–Trinajstić information content (AvgIpc) is 4.07. The lowest BCUT2D eigenvalue weighted by molar-refractivity contribution is -0.136. The molecule has 4 amide bonds. The quantitative estimate of drug-likeness (QED) is 0.107. The van der Waals surface area contributed by atoms with Crippen molar-refractivity contribution in [2.75, 3.05) is 27.3 Å². The van der Waals surface area contributed by atoms with Gasteiger partial charge < -0.3 is 39.9 Å². The normalized spacial score (nSPS) is 20.4. The van der Waals surface area contributed by atoms with Crippen LogP contribution in [0.15, 0.2) is 54.6 Å². The van der Waals surface area contributed by atoms with Crippen LogP contribution in [0.4, 0.5) is 9.59 Å². The van der Waals surface area contributed by atoms with Crippen LogP contribution in [0, 0.1) is 23.7 Å². The van der Waals surface area contributed by atoms with Crippen LogP contribution in [0.1, 0.15) is 78.0 Å². The third-order valence-electron chi connectivity index (χ3n) is 12.0. The number of fused-ring (bicyclic) bond motifs is 3. The van der Waals surface area contributed by atoms with Gasteiger partial charge >= 0.3 is 12.2 Å². The van der Waals surface area contributed by atoms with Crippen LogP contribution in [0.3, 0.4) is 0 Å². The number of thiophene rings is 2. The molecule has 316 valence electrons. The minimum absolute atomic E-state index is 0.0936. The van der Waals surface area contributed by atoms with Crippen LogP contribution >= 0.6 is 22.7 Å². The van der Waals surface area contributed by atoms with Gasteiger partial charge in [0.2, 0.25) is 11.8 Å². The molecule has 4 N–H and O–H groups in total. The molecule has 0 bridgehead atoms. The SMILES string of the molecule is COC(=O)N[C@H](C(=O)N1C[C@@H](C)C[C@H]1c1cc2ccc(-c3cc4sc(-c5ccc6nc([C@@H]7C[C@H](C)CN7C(=O)[C@@H](NC(=O)OC)C(C)C)[nH]c6c5)cc4s3)cc2[nH]1)C(C)C. The number of nitrogens with zero attached hydrogens (tertiary/aromatic N) is 3. The van der Waals surface area contributed by atoms with E-state index in [4.69, 9.17) is 14.5 Å². The number of carbonyl (C=O) groups excluding carboxylic acids is 4. The number of imidazole rings is 1. The second-order valence-corrected chi connectivity index (χ2v) is 19.4. The number of likely N-dealkylation sites (tertiary alicyclic amines) is 2. The monoisotopic (exact) mass is 851 g/mol. The first kappa shape index (κ1) is 41.3. The number of methoxy groups -OCH3 is 2. The Morgan fingerprint density at radius 3 is 1.77 bits per heavy atom. The number of alkyl carbamates (subject to hydrolysis) is 2. The predicted molar refractivity (Wildman–Crippen MR) is 237 cm³/mol. The van der Waals surface area contributed by atoms with E-state index in [0.717, 1.165) is 62.3 Å². The summed E-state index contributed by atoms with van der Waals surface area (Å²) in [5, 5.41) is 6.57. The lowest BCUT2D eigenvalue weighted by Gasteiger charge is -2.30. The minimum atomic E-state index is -0.697. The first-order valence-corrected chi connectivity index (χ1v) is 22.3. The molecular weight excluding hydrogens is 799 g/mol. The molecule has 4 aromatic heterocycles. The fourth-order valence-corrected chi connectivity index (χ4v) is 11.2. The van der Waals surface area contributed by atoms with Gasteiger partial charge in [-0.15, -0.1) is 22.7 Å². The first-order valence-electron chi connectivity index (χ1n) is 20.7. The maximum absolute atomic E-state index is 13.8. The largest absolute Gasteiger partial charge is 0.453 e. The predicted octanol–water partition coefficient (Wildman–Crippen LogP) is 9.23. The fraction of sp³-hybridized carbons (Fsp3) is 0.444. The van der Waals surface area contributed by atoms with Crippen molar-refractivity contribution in [2.24, 2.45) is 23.7 Å². The topological polar surface area (TPSA) is 162 Å². The minimum Gasteiger partial charge on any atom is -0.453 e. The highest BCUT2D eigenvalue weighted by Gasteiger charge is 2.41. The van der Waals surface area contributed by atoms with Crippen molar-refractivity contribution in [3.63, 3.8) is 0 Å². The molecule has 13 nitrogen and oxygen atoms in total. The number of rotatable bonds is 10. The van der Waals surface area contributed by atoms with E-state index < -0.39 is 24.3 Å². The summed E-state index contributed by atoms with van der Waals surface area (Å²) in [7, 11) is 2.61. The zero-order valence-corrected chi connectivity index (χ0v) is 36.9. The molecule has 6 heterocycles. The molecule has 0 aliphatic carbocycles. The Kier molecular flexibility index (Phi) is 11.4. The van der Waals surface area contributed by atoms with Gasteiger partial charge in [-0.2, -0.15) is 0 Å². The van der Waals surface area contributed by atoms with Crippen molar-refractivity contribution in [1.82, 2.24) is 35.4 Å². The molecule has 0 radical (unpaired) electrons. The fourth-order valence-electron chi connectivity index (χ4n) is 8.83. The standard InChI is InChI=1S/C45H53N7O6S2/c1-22(2)39(49-44(55)57-7)42(53)51-20-24(5)13-33(51)32-15-26-9-10-27(16-30(26)46-32)35-18-37-38(59-35)19-36(60-37)28-11-12-29-31(17-28)48-41(47-29)34-14-25(6)21-52(34)43(54)40(23(3)4)50-45(56)58-8/h9-12,15-19,22-25,33-34,39-40,46H,13-14,20-21H2,1-8H3,(H,47,48)(H,49,55)(H,50,56)/t24-,25-,33-,34-,39-,40-/m0/s1. The highest BCUT2D eigenvalue weighted by Crippen LogP contribution is 2.44. The lowest BCUT2D eigenvalue weighted by Crippen LogP contribution is -2.51. The number of amides is 4. The number of benzene rings is 2. The Bertz CT molecular complexity index is 2380. The lowest BCUT2D eigenvalue weighted by atomic mass is 10.0. The van der Waals surface area contributed by atoms with Gasteiger partial charge in [0.15, 0.2) is 0 Å². The number of carbonyl (C=O) groups is 4. The highest BCUT2D eigenvalue weighted by atomic mass is 32.1. The van der Waals surface area contributed by atoms with Crippen molar-refractivity contribution in [3.05, 3.63) is 66.1 Å². The molecule has 6 aromatic rings. The zero-order valence-electron chi connectivity index (χ0n) is 35.3. The summed E-state index contributed by atoms with van der Waals surface area (Å²) in [4.78, 5) is 70.0.